The van der Waals surface area contributed by atoms with Gasteiger partial charge >= 0.3 is 0 Å². The fourth-order valence-corrected chi connectivity index (χ4v) is 3.45. The van der Waals surface area contributed by atoms with Gasteiger partial charge in [0, 0.05) is 12.6 Å². The minimum absolute atomic E-state index is 0.0191. The predicted molar refractivity (Wildman–Crippen MR) is 91.8 cm³/mol. The van der Waals surface area contributed by atoms with Crippen LogP contribution in [0.1, 0.15) is 15.9 Å². The molecule has 2 N–H and O–H groups in total. The molecule has 0 unspecified atom stereocenters. The molecule has 2 aromatic carbocycles. The molecule has 0 aromatic heterocycles. The standard InChI is InChI=1S/C15H11Cl2N3O3S/c1-19-15(21)9-3-5-12(16)14(6-9)20-24(22,23)11-4-2-10(8-18)13(17)7-11/h2-7,20H,1H3,(H,19,21). The average molecular weight is 384 g/mol. The molecule has 0 saturated heterocycles. The molecule has 9 heteroatoms. The molecule has 0 atom stereocenters. The van der Waals surface area contributed by atoms with Crippen molar-refractivity contribution in [3.05, 3.63) is 57.6 Å². The summed E-state index contributed by atoms with van der Waals surface area (Å²) in [5.74, 6) is -0.381. The molecule has 2 rings (SSSR count). The SMILES string of the molecule is CNC(=O)c1ccc(Cl)c(NS(=O)(=O)c2ccc(C#N)c(Cl)c2)c1. The monoisotopic (exact) mass is 383 g/mol. The molecular weight excluding hydrogens is 373 g/mol. The van der Waals surface area contributed by atoms with Crippen LogP contribution in [-0.4, -0.2) is 21.4 Å². The first kappa shape index (κ1) is 18.1. The van der Waals surface area contributed by atoms with Crippen LogP contribution in [0.3, 0.4) is 0 Å². The highest BCUT2D eigenvalue weighted by Crippen LogP contribution is 2.27. The molecular formula is C15H11Cl2N3O3S. The maximum Gasteiger partial charge on any atom is 0.261 e. The fraction of sp³-hybridized carbons (Fsp3) is 0.0667. The minimum atomic E-state index is -3.99. The molecule has 0 radical (unpaired) electrons. The number of carbonyl (C=O) groups is 1. The Labute approximate surface area is 149 Å². The van der Waals surface area contributed by atoms with Crippen LogP contribution in [-0.2, 0) is 10.0 Å². The number of sulfonamides is 1. The molecule has 0 fully saturated rings. The number of hydrogen-bond donors (Lipinski definition) is 2. The van der Waals surface area contributed by atoms with Gasteiger partial charge in [-0.2, -0.15) is 5.26 Å². The summed E-state index contributed by atoms with van der Waals surface area (Å²) < 4.78 is 27.2. The van der Waals surface area contributed by atoms with Crippen molar-refractivity contribution in [2.45, 2.75) is 4.90 Å². The first-order chi connectivity index (χ1) is 11.3. The van der Waals surface area contributed by atoms with Gasteiger partial charge < -0.3 is 5.32 Å². The van der Waals surface area contributed by atoms with E-state index in [9.17, 15) is 13.2 Å². The van der Waals surface area contributed by atoms with E-state index >= 15 is 0 Å². The van der Waals surface area contributed by atoms with Crippen molar-refractivity contribution in [1.29, 1.82) is 5.26 Å². The molecule has 0 spiro atoms. The molecule has 124 valence electrons. The number of nitrogens with zero attached hydrogens (tertiary/aromatic N) is 1. The lowest BCUT2D eigenvalue weighted by molar-refractivity contribution is 0.0963. The summed E-state index contributed by atoms with van der Waals surface area (Å²) in [6, 6.07) is 9.78. The first-order valence-electron chi connectivity index (χ1n) is 6.52. The van der Waals surface area contributed by atoms with Gasteiger partial charge in [0.05, 0.1) is 26.2 Å². The van der Waals surface area contributed by atoms with Crippen molar-refractivity contribution >= 4 is 44.8 Å². The second-order valence-electron chi connectivity index (χ2n) is 4.63. The van der Waals surface area contributed by atoms with Crippen molar-refractivity contribution in [2.75, 3.05) is 11.8 Å². The predicted octanol–water partition coefficient (Wildman–Crippen LogP) is 3.03. The van der Waals surface area contributed by atoms with Crippen molar-refractivity contribution < 1.29 is 13.2 Å². The van der Waals surface area contributed by atoms with Gasteiger partial charge in [0.15, 0.2) is 0 Å². The fourth-order valence-electron chi connectivity index (χ4n) is 1.85. The first-order valence-corrected chi connectivity index (χ1v) is 8.76. The average Bonchev–Trinajstić information content (AvgIpc) is 2.55. The van der Waals surface area contributed by atoms with Crippen molar-refractivity contribution in [2.24, 2.45) is 0 Å². The summed E-state index contributed by atoms with van der Waals surface area (Å²) in [7, 11) is -2.53. The Balaban J connectivity index is 2.41. The number of benzene rings is 2. The van der Waals surface area contributed by atoms with E-state index in [1.165, 1.54) is 43.4 Å². The number of nitrogens with one attached hydrogen (secondary N) is 2. The van der Waals surface area contributed by atoms with E-state index in [1.54, 1.807) is 0 Å². The van der Waals surface area contributed by atoms with Crippen LogP contribution in [0.4, 0.5) is 5.69 Å². The molecule has 24 heavy (non-hydrogen) atoms. The summed E-state index contributed by atoms with van der Waals surface area (Å²) in [5.41, 5.74) is 0.464. The second kappa shape index (κ2) is 7.09. The number of nitriles is 1. The Morgan fingerprint density at radius 1 is 1.12 bits per heavy atom. The summed E-state index contributed by atoms with van der Waals surface area (Å²) in [4.78, 5) is 11.5. The lowest BCUT2D eigenvalue weighted by Gasteiger charge is -2.11. The van der Waals surface area contributed by atoms with Crippen LogP contribution in [0.25, 0.3) is 0 Å². The van der Waals surface area contributed by atoms with Crippen LogP contribution < -0.4 is 10.0 Å². The smallest absolute Gasteiger partial charge is 0.261 e. The van der Waals surface area contributed by atoms with Crippen molar-refractivity contribution in [3.8, 4) is 6.07 Å². The Kier molecular flexibility index (Phi) is 5.34. The third-order valence-corrected chi connectivity index (χ3v) is 5.08. The molecule has 0 aliphatic rings. The maximum atomic E-state index is 12.4. The highest BCUT2D eigenvalue weighted by molar-refractivity contribution is 7.92. The number of rotatable bonds is 4. The van der Waals surface area contributed by atoms with E-state index in [0.29, 0.717) is 0 Å². The van der Waals surface area contributed by atoms with Gasteiger partial charge in [-0.1, -0.05) is 23.2 Å². The Bertz CT molecular complexity index is 953. The summed E-state index contributed by atoms with van der Waals surface area (Å²) in [6.45, 7) is 0. The van der Waals surface area contributed by atoms with Crippen LogP contribution in [0.5, 0.6) is 0 Å². The Hall–Kier alpha value is -2.27. The topological polar surface area (TPSA) is 99.1 Å². The van der Waals surface area contributed by atoms with E-state index in [1.807, 2.05) is 6.07 Å². The van der Waals surface area contributed by atoms with Gasteiger partial charge in [-0.15, -0.1) is 0 Å². The van der Waals surface area contributed by atoms with Crippen LogP contribution in [0, 0.1) is 11.3 Å². The molecule has 0 saturated carbocycles. The molecule has 0 aliphatic carbocycles. The molecule has 0 aliphatic heterocycles. The number of amides is 1. The van der Waals surface area contributed by atoms with Crippen LogP contribution in [0.2, 0.25) is 10.0 Å². The summed E-state index contributed by atoms with van der Waals surface area (Å²) in [5, 5.41) is 11.4. The molecule has 6 nitrogen and oxygen atoms in total. The van der Waals surface area contributed by atoms with E-state index < -0.39 is 10.0 Å². The van der Waals surface area contributed by atoms with Gasteiger partial charge in [0.25, 0.3) is 15.9 Å². The summed E-state index contributed by atoms with van der Waals surface area (Å²) in [6.07, 6.45) is 0. The van der Waals surface area contributed by atoms with Gasteiger partial charge in [-0.25, -0.2) is 8.42 Å². The second-order valence-corrected chi connectivity index (χ2v) is 7.13. The van der Waals surface area contributed by atoms with Gasteiger partial charge in [0.1, 0.15) is 6.07 Å². The molecule has 0 heterocycles. The zero-order valence-corrected chi connectivity index (χ0v) is 14.6. The van der Waals surface area contributed by atoms with Crippen molar-refractivity contribution in [3.63, 3.8) is 0 Å². The van der Waals surface area contributed by atoms with Crippen molar-refractivity contribution in [1.82, 2.24) is 5.32 Å². The van der Waals surface area contributed by atoms with Crippen LogP contribution in [0.15, 0.2) is 41.3 Å². The Morgan fingerprint density at radius 3 is 2.42 bits per heavy atom. The number of hydrogen-bond acceptors (Lipinski definition) is 4. The summed E-state index contributed by atoms with van der Waals surface area (Å²) >= 11 is 11.9. The van der Waals surface area contributed by atoms with E-state index in [4.69, 9.17) is 28.5 Å². The molecule has 1 amide bonds. The number of anilines is 1. The largest absolute Gasteiger partial charge is 0.355 e. The third kappa shape index (κ3) is 3.79. The quantitative estimate of drug-likeness (QED) is 0.847. The van der Waals surface area contributed by atoms with Gasteiger partial charge in [-0.3, -0.25) is 9.52 Å². The lowest BCUT2D eigenvalue weighted by Crippen LogP contribution is -2.19. The number of halogens is 2. The lowest BCUT2D eigenvalue weighted by atomic mass is 10.2. The Morgan fingerprint density at radius 2 is 1.83 bits per heavy atom. The normalized spacial score (nSPS) is 10.8. The third-order valence-electron chi connectivity index (χ3n) is 3.07. The van der Waals surface area contributed by atoms with E-state index in [2.05, 4.69) is 10.0 Å². The highest BCUT2D eigenvalue weighted by Gasteiger charge is 2.18. The zero-order valence-electron chi connectivity index (χ0n) is 12.3. The minimum Gasteiger partial charge on any atom is -0.355 e. The number of carbonyl (C=O) groups excluding carboxylic acids is 1. The van der Waals surface area contributed by atoms with E-state index in [-0.39, 0.29) is 37.7 Å². The zero-order chi connectivity index (χ0) is 17.9. The molecule has 0 bridgehead atoms. The van der Waals surface area contributed by atoms with Gasteiger partial charge in [-0.05, 0) is 36.4 Å². The van der Waals surface area contributed by atoms with Gasteiger partial charge in [0.2, 0.25) is 0 Å². The maximum absolute atomic E-state index is 12.4. The highest BCUT2D eigenvalue weighted by atomic mass is 35.5. The van der Waals surface area contributed by atoms with E-state index in [0.717, 1.165) is 0 Å². The molecule has 2 aromatic rings. The van der Waals surface area contributed by atoms with Crippen LogP contribution >= 0.6 is 23.2 Å².